The predicted octanol–water partition coefficient (Wildman–Crippen LogP) is 5.17. The first kappa shape index (κ1) is 21.3. The van der Waals surface area contributed by atoms with Gasteiger partial charge >= 0.3 is 0 Å². The van der Waals surface area contributed by atoms with E-state index in [1.807, 2.05) is 56.4 Å². The summed E-state index contributed by atoms with van der Waals surface area (Å²) in [4.78, 5) is 4.79. The van der Waals surface area contributed by atoms with Crippen molar-refractivity contribution in [2.75, 3.05) is 12.8 Å². The first-order valence-corrected chi connectivity index (χ1v) is 12.0. The fourth-order valence-corrected chi connectivity index (χ4v) is 5.14. The summed E-state index contributed by atoms with van der Waals surface area (Å²) in [5, 5.41) is 9.69. The van der Waals surface area contributed by atoms with Gasteiger partial charge in [-0.15, -0.1) is 0 Å². The minimum absolute atomic E-state index is 0.482. The van der Waals surface area contributed by atoms with Crippen LogP contribution in [0.4, 0.5) is 0 Å². The van der Waals surface area contributed by atoms with Crippen molar-refractivity contribution in [1.82, 2.24) is 9.55 Å². The highest BCUT2D eigenvalue weighted by Crippen LogP contribution is 2.45. The van der Waals surface area contributed by atoms with Gasteiger partial charge in [0.25, 0.3) is 0 Å². The van der Waals surface area contributed by atoms with Gasteiger partial charge in [-0.05, 0) is 42.3 Å². The van der Waals surface area contributed by atoms with Crippen molar-refractivity contribution < 1.29 is 9.09 Å². The van der Waals surface area contributed by atoms with E-state index in [9.17, 15) is 4.57 Å². The van der Waals surface area contributed by atoms with E-state index in [-0.39, 0.29) is 0 Å². The van der Waals surface area contributed by atoms with E-state index in [4.69, 9.17) is 14.8 Å². The van der Waals surface area contributed by atoms with Crippen LogP contribution in [0.25, 0.3) is 11.0 Å². The normalized spacial score (nSPS) is 13.3. The van der Waals surface area contributed by atoms with Crippen molar-refractivity contribution in [1.29, 1.82) is 5.26 Å². The van der Waals surface area contributed by atoms with E-state index in [2.05, 4.69) is 17.6 Å². The molecule has 0 aliphatic rings. The van der Waals surface area contributed by atoms with Crippen LogP contribution in [0.5, 0.6) is 0 Å². The second-order valence-electron chi connectivity index (χ2n) is 7.28. The maximum atomic E-state index is 13.4. The molecule has 152 valence electrons. The Kier molecular flexibility index (Phi) is 6.90. The Balaban J connectivity index is 1.86. The van der Waals surface area contributed by atoms with Crippen LogP contribution in [0.15, 0.2) is 42.5 Å². The number of imidazole rings is 1. The number of aromatic nitrogens is 2. The second-order valence-corrected chi connectivity index (χ2v) is 10.0. The van der Waals surface area contributed by atoms with Gasteiger partial charge in [0.1, 0.15) is 5.82 Å². The molecular formula is C23H28N3O2P. The maximum absolute atomic E-state index is 13.4. The van der Waals surface area contributed by atoms with Gasteiger partial charge in [-0.2, -0.15) is 5.26 Å². The standard InChI is InChI=1S/C23H28N3O2P/c1-4-6-7-14-28-29(27,5-2)20-12-13-22-21(16-20)25-23(26(22)3)15-18-8-10-19(17-24)11-9-18/h8-13,16H,4-7,14-15H2,1-3H3. The Bertz CT molecular complexity index is 1060. The molecule has 1 unspecified atom stereocenters. The van der Waals surface area contributed by atoms with Crippen LogP contribution in [0.2, 0.25) is 0 Å². The molecule has 5 nitrogen and oxygen atoms in total. The lowest BCUT2D eigenvalue weighted by Crippen LogP contribution is -2.10. The molecule has 0 amide bonds. The third-order valence-electron chi connectivity index (χ3n) is 5.26. The third kappa shape index (κ3) is 4.78. The van der Waals surface area contributed by atoms with Crippen molar-refractivity contribution in [3.05, 3.63) is 59.4 Å². The van der Waals surface area contributed by atoms with Crippen molar-refractivity contribution in [3.8, 4) is 6.07 Å². The number of benzene rings is 2. The lowest BCUT2D eigenvalue weighted by Gasteiger charge is -2.17. The number of fused-ring (bicyclic) bond motifs is 1. The molecular weight excluding hydrogens is 381 g/mol. The predicted molar refractivity (Wildman–Crippen MR) is 118 cm³/mol. The number of unbranched alkanes of at least 4 members (excludes halogenated alkanes) is 2. The first-order valence-electron chi connectivity index (χ1n) is 10.2. The van der Waals surface area contributed by atoms with Crippen LogP contribution < -0.4 is 5.30 Å². The van der Waals surface area contributed by atoms with E-state index in [0.29, 0.717) is 24.8 Å². The van der Waals surface area contributed by atoms with Crippen LogP contribution >= 0.6 is 7.37 Å². The van der Waals surface area contributed by atoms with E-state index in [1.54, 1.807) is 0 Å². The average molecular weight is 409 g/mol. The van der Waals surface area contributed by atoms with E-state index < -0.39 is 7.37 Å². The summed E-state index contributed by atoms with van der Waals surface area (Å²) in [6, 6.07) is 15.5. The summed E-state index contributed by atoms with van der Waals surface area (Å²) < 4.78 is 21.3. The van der Waals surface area contributed by atoms with Crippen LogP contribution in [0, 0.1) is 11.3 Å². The minimum Gasteiger partial charge on any atom is -0.331 e. The van der Waals surface area contributed by atoms with Gasteiger partial charge in [0.2, 0.25) is 7.37 Å². The molecule has 0 fully saturated rings. The molecule has 0 saturated heterocycles. The smallest absolute Gasteiger partial charge is 0.231 e. The molecule has 1 atom stereocenters. The maximum Gasteiger partial charge on any atom is 0.231 e. The fourth-order valence-electron chi connectivity index (χ4n) is 3.40. The van der Waals surface area contributed by atoms with Gasteiger partial charge < -0.3 is 9.09 Å². The monoisotopic (exact) mass is 409 g/mol. The second kappa shape index (κ2) is 9.39. The van der Waals surface area contributed by atoms with E-state index >= 15 is 0 Å². The molecule has 3 aromatic rings. The lowest BCUT2D eigenvalue weighted by molar-refractivity contribution is 0.310. The summed E-state index contributed by atoms with van der Waals surface area (Å²) in [5.74, 6) is 0.928. The third-order valence-corrected chi connectivity index (χ3v) is 7.76. The molecule has 0 radical (unpaired) electrons. The number of rotatable bonds is 9. The van der Waals surface area contributed by atoms with E-state index in [1.165, 1.54) is 0 Å². The molecule has 0 aliphatic carbocycles. The van der Waals surface area contributed by atoms with Gasteiger partial charge in [-0.3, -0.25) is 4.57 Å². The van der Waals surface area contributed by atoms with Gasteiger partial charge in [0, 0.05) is 24.9 Å². The Hall–Kier alpha value is -2.41. The largest absolute Gasteiger partial charge is 0.331 e. The van der Waals surface area contributed by atoms with Crippen molar-refractivity contribution in [3.63, 3.8) is 0 Å². The average Bonchev–Trinajstić information content (AvgIpc) is 3.06. The van der Waals surface area contributed by atoms with Crippen LogP contribution in [-0.2, 0) is 22.6 Å². The molecule has 29 heavy (non-hydrogen) atoms. The lowest BCUT2D eigenvalue weighted by atomic mass is 10.1. The highest BCUT2D eigenvalue weighted by Gasteiger charge is 2.24. The quantitative estimate of drug-likeness (QED) is 0.361. The van der Waals surface area contributed by atoms with Gasteiger partial charge in [0.15, 0.2) is 0 Å². The molecule has 0 saturated carbocycles. The molecule has 6 heteroatoms. The number of hydrogen-bond acceptors (Lipinski definition) is 4. The molecule has 3 rings (SSSR count). The summed E-state index contributed by atoms with van der Waals surface area (Å²) >= 11 is 0. The zero-order chi connectivity index (χ0) is 20.9. The highest BCUT2D eigenvalue weighted by molar-refractivity contribution is 7.66. The van der Waals surface area contributed by atoms with Crippen molar-refractivity contribution in [2.24, 2.45) is 7.05 Å². The minimum atomic E-state index is -2.86. The van der Waals surface area contributed by atoms with Gasteiger partial charge in [-0.1, -0.05) is 38.8 Å². The van der Waals surface area contributed by atoms with Gasteiger partial charge in [-0.25, -0.2) is 4.98 Å². The number of nitriles is 1. The first-order chi connectivity index (χ1) is 14.0. The van der Waals surface area contributed by atoms with Gasteiger partial charge in [0.05, 0.1) is 29.3 Å². The van der Waals surface area contributed by atoms with Crippen molar-refractivity contribution >= 4 is 23.7 Å². The van der Waals surface area contributed by atoms with Crippen LogP contribution in [-0.4, -0.2) is 22.3 Å². The fraction of sp³-hybridized carbons (Fsp3) is 0.391. The molecule has 0 aliphatic heterocycles. The molecule has 0 spiro atoms. The Morgan fingerprint density at radius 2 is 1.90 bits per heavy atom. The number of nitrogens with zero attached hydrogens (tertiary/aromatic N) is 3. The summed E-state index contributed by atoms with van der Waals surface area (Å²) in [5.41, 5.74) is 3.59. The Labute approximate surface area is 172 Å². The highest BCUT2D eigenvalue weighted by atomic mass is 31.2. The molecule has 1 heterocycles. The van der Waals surface area contributed by atoms with Crippen molar-refractivity contribution in [2.45, 2.75) is 39.5 Å². The van der Waals surface area contributed by atoms with Crippen LogP contribution in [0.3, 0.4) is 0 Å². The van der Waals surface area contributed by atoms with E-state index in [0.717, 1.165) is 47.0 Å². The topological polar surface area (TPSA) is 67.9 Å². The Morgan fingerprint density at radius 3 is 2.55 bits per heavy atom. The molecule has 0 bridgehead atoms. The molecule has 1 aromatic heterocycles. The molecule has 2 aromatic carbocycles. The summed E-state index contributed by atoms with van der Waals surface area (Å²) in [6.07, 6.45) is 4.28. The zero-order valence-electron chi connectivity index (χ0n) is 17.4. The zero-order valence-corrected chi connectivity index (χ0v) is 18.3. The molecule has 0 N–H and O–H groups in total. The summed E-state index contributed by atoms with van der Waals surface area (Å²) in [7, 11) is -0.864. The summed E-state index contributed by atoms with van der Waals surface area (Å²) in [6.45, 7) is 4.59. The number of aryl methyl sites for hydroxylation is 1. The Morgan fingerprint density at radius 1 is 1.14 bits per heavy atom. The van der Waals surface area contributed by atoms with Crippen LogP contribution in [0.1, 0.15) is 50.1 Å². The SMILES string of the molecule is CCCCCOP(=O)(CC)c1ccc2c(c1)nc(Cc1ccc(C#N)cc1)n2C. The number of hydrogen-bond donors (Lipinski definition) is 0.